The van der Waals surface area contributed by atoms with Gasteiger partial charge in [0.05, 0.1) is 4.24 Å². The Labute approximate surface area is 63.2 Å². The lowest BCUT2D eigenvalue weighted by Gasteiger charge is -1.89. The first-order valence-electron chi connectivity index (χ1n) is 1.60. The molecule has 0 aliphatic carbocycles. The maximum Gasteiger partial charge on any atom is 0.343 e. The molecular weight excluding hydrogens is 164 g/mol. The highest BCUT2D eigenvalue weighted by atomic mass is 32.2. The second-order valence-electron chi connectivity index (χ2n) is 0.977. The molecule has 0 fully saturated rings. The van der Waals surface area contributed by atoms with Crippen LogP contribution in [0, 0.1) is 0 Å². The molecule has 0 saturated carbocycles. The molecule has 0 amide bonds. The van der Waals surface area contributed by atoms with Crippen molar-refractivity contribution in [3.63, 3.8) is 0 Å². The molecule has 0 unspecified atom stereocenters. The Balaban J connectivity index is 4.23. The van der Waals surface area contributed by atoms with Crippen molar-refractivity contribution in [2.45, 2.75) is 0 Å². The topological polar surface area (TPSA) is 37.3 Å². The molecule has 0 heterocycles. The van der Waals surface area contributed by atoms with Gasteiger partial charge >= 0.3 is 5.97 Å². The summed E-state index contributed by atoms with van der Waals surface area (Å²) >= 11 is 10.8. The molecule has 5 heteroatoms. The van der Waals surface area contributed by atoms with Gasteiger partial charge in [-0.1, -0.05) is 0 Å². The van der Waals surface area contributed by atoms with Crippen LogP contribution in [0.25, 0.3) is 0 Å². The lowest BCUT2D eigenvalue weighted by Crippen LogP contribution is -1.93. The van der Waals surface area contributed by atoms with Crippen molar-refractivity contribution < 1.29 is 9.90 Å². The summed E-state index contributed by atoms with van der Waals surface area (Å²) in [5, 5.41) is 8.12. The van der Waals surface area contributed by atoms with Crippen molar-refractivity contribution in [2.24, 2.45) is 0 Å². The first-order chi connectivity index (χ1) is 3.55. The van der Waals surface area contributed by atoms with Crippen LogP contribution in [-0.2, 0) is 4.79 Å². The number of aliphatic carboxylic acids is 1. The van der Waals surface area contributed by atoms with Gasteiger partial charge < -0.3 is 5.11 Å². The molecule has 0 aliphatic heterocycles. The van der Waals surface area contributed by atoms with E-state index in [4.69, 9.17) is 5.11 Å². The molecule has 0 saturated heterocycles. The normalized spacial score (nSPS) is 8.38. The fourth-order valence-corrected chi connectivity index (χ4v) is 0.287. The third kappa shape index (κ3) is 2.54. The highest BCUT2D eigenvalue weighted by Gasteiger charge is 2.02. The van der Waals surface area contributed by atoms with Gasteiger partial charge in [-0.25, -0.2) is 4.79 Å². The summed E-state index contributed by atoms with van der Waals surface area (Å²) in [6.45, 7) is 0. The van der Waals surface area contributed by atoms with Crippen molar-refractivity contribution in [3.8, 4) is 0 Å². The van der Waals surface area contributed by atoms with Gasteiger partial charge in [0, 0.05) is 0 Å². The van der Waals surface area contributed by atoms with E-state index in [1.54, 1.807) is 0 Å². The van der Waals surface area contributed by atoms with E-state index in [1.807, 2.05) is 0 Å². The first kappa shape index (κ1) is 8.26. The fraction of sp³-hybridized carbons (Fsp3) is 0. The SMILES string of the molecule is O=C(O)C(S)=C(S)S. The van der Waals surface area contributed by atoms with Crippen molar-refractivity contribution in [1.82, 2.24) is 0 Å². The molecule has 0 aromatic heterocycles. The van der Waals surface area contributed by atoms with Gasteiger partial charge in [0.2, 0.25) is 0 Å². The van der Waals surface area contributed by atoms with Crippen molar-refractivity contribution >= 4 is 43.9 Å². The maximum atomic E-state index is 9.91. The summed E-state index contributed by atoms with van der Waals surface area (Å²) in [5.74, 6) is -1.12. The maximum absolute atomic E-state index is 9.91. The standard InChI is InChI=1S/C3H4O2S3/c4-2(5)1(6)3(7)8/h6-8H,(H,4,5). The molecule has 0 atom stereocenters. The van der Waals surface area contributed by atoms with E-state index < -0.39 is 5.97 Å². The number of carbonyl (C=O) groups is 1. The predicted octanol–water partition coefficient (Wildman–Crippen LogP) is 1.03. The molecule has 8 heavy (non-hydrogen) atoms. The summed E-state index contributed by atoms with van der Waals surface area (Å²) in [4.78, 5) is 9.77. The van der Waals surface area contributed by atoms with Crippen LogP contribution in [0.4, 0.5) is 0 Å². The van der Waals surface area contributed by atoms with Crippen LogP contribution in [-0.4, -0.2) is 11.1 Å². The quantitative estimate of drug-likeness (QED) is 0.349. The zero-order valence-electron chi connectivity index (χ0n) is 3.70. The second kappa shape index (κ2) is 3.32. The molecule has 0 rings (SSSR count). The molecule has 0 bridgehead atoms. The molecule has 0 aliphatic rings. The molecule has 0 aromatic rings. The van der Waals surface area contributed by atoms with Crippen LogP contribution in [0.1, 0.15) is 0 Å². The van der Waals surface area contributed by atoms with E-state index in [0.29, 0.717) is 0 Å². The van der Waals surface area contributed by atoms with Crippen LogP contribution in [0.5, 0.6) is 0 Å². The largest absolute Gasteiger partial charge is 0.477 e. The Morgan fingerprint density at radius 2 is 1.62 bits per heavy atom. The zero-order chi connectivity index (χ0) is 6.73. The average molecular weight is 168 g/mol. The van der Waals surface area contributed by atoms with Crippen molar-refractivity contribution in [3.05, 3.63) is 9.14 Å². The summed E-state index contributed by atoms with van der Waals surface area (Å²) in [6, 6.07) is 0. The van der Waals surface area contributed by atoms with Crippen LogP contribution >= 0.6 is 37.9 Å². The van der Waals surface area contributed by atoms with Gasteiger partial charge in [0.15, 0.2) is 0 Å². The van der Waals surface area contributed by atoms with Crippen LogP contribution in [0.2, 0.25) is 0 Å². The smallest absolute Gasteiger partial charge is 0.343 e. The molecule has 0 aromatic carbocycles. The van der Waals surface area contributed by atoms with E-state index in [0.717, 1.165) is 0 Å². The Morgan fingerprint density at radius 3 is 1.62 bits per heavy atom. The molecule has 1 N–H and O–H groups in total. The Hall–Kier alpha value is 0.260. The van der Waals surface area contributed by atoms with Gasteiger partial charge in [-0.15, -0.1) is 37.9 Å². The van der Waals surface area contributed by atoms with Crippen molar-refractivity contribution in [2.75, 3.05) is 0 Å². The Bertz CT molecular complexity index is 135. The predicted molar refractivity (Wildman–Crippen MR) is 41.6 cm³/mol. The minimum absolute atomic E-state index is 0.112. The molecular formula is C3H4O2S3. The van der Waals surface area contributed by atoms with E-state index >= 15 is 0 Å². The highest BCUT2D eigenvalue weighted by molar-refractivity contribution is 8.06. The van der Waals surface area contributed by atoms with Gasteiger partial charge in [-0.05, 0) is 0 Å². The summed E-state index contributed by atoms with van der Waals surface area (Å²) < 4.78 is 0.112. The summed E-state index contributed by atoms with van der Waals surface area (Å²) in [5.41, 5.74) is 0. The second-order valence-corrected chi connectivity index (χ2v) is 2.67. The highest BCUT2D eigenvalue weighted by Crippen LogP contribution is 2.15. The van der Waals surface area contributed by atoms with Crippen molar-refractivity contribution in [1.29, 1.82) is 0 Å². The minimum Gasteiger partial charge on any atom is -0.477 e. The molecule has 2 nitrogen and oxygen atoms in total. The number of thiol groups is 3. The van der Waals surface area contributed by atoms with Gasteiger partial charge in [0.25, 0.3) is 0 Å². The lowest BCUT2D eigenvalue weighted by atomic mass is 10.6. The van der Waals surface area contributed by atoms with E-state index in [9.17, 15) is 4.79 Å². The summed E-state index contributed by atoms with van der Waals surface area (Å²) in [6.07, 6.45) is 0. The van der Waals surface area contributed by atoms with Crippen LogP contribution < -0.4 is 0 Å². The van der Waals surface area contributed by atoms with Crippen LogP contribution in [0.3, 0.4) is 0 Å². The monoisotopic (exact) mass is 168 g/mol. The van der Waals surface area contributed by atoms with E-state index in [1.165, 1.54) is 0 Å². The fourth-order valence-electron chi connectivity index (χ4n) is 0.0956. The van der Waals surface area contributed by atoms with Gasteiger partial charge in [-0.3, -0.25) is 0 Å². The van der Waals surface area contributed by atoms with E-state index in [2.05, 4.69) is 37.9 Å². The summed E-state index contributed by atoms with van der Waals surface area (Å²) in [7, 11) is 0. The number of rotatable bonds is 1. The zero-order valence-corrected chi connectivity index (χ0v) is 6.38. The van der Waals surface area contributed by atoms with Crippen LogP contribution in [0.15, 0.2) is 9.14 Å². The Kier molecular flexibility index (Phi) is 3.43. The molecule has 0 radical (unpaired) electrons. The first-order valence-corrected chi connectivity index (χ1v) is 2.94. The third-order valence-electron chi connectivity index (χ3n) is 0.414. The molecule has 46 valence electrons. The minimum atomic E-state index is -1.12. The lowest BCUT2D eigenvalue weighted by molar-refractivity contribution is -0.131. The van der Waals surface area contributed by atoms with Gasteiger partial charge in [-0.2, -0.15) is 0 Å². The number of carboxylic acids is 1. The molecule has 0 spiro atoms. The Morgan fingerprint density at radius 1 is 1.25 bits per heavy atom. The number of hydrogen-bond donors (Lipinski definition) is 4. The number of carboxylic acid groups (broad SMARTS) is 1. The third-order valence-corrected chi connectivity index (χ3v) is 1.63. The van der Waals surface area contributed by atoms with Gasteiger partial charge in [0.1, 0.15) is 4.91 Å². The van der Waals surface area contributed by atoms with E-state index in [-0.39, 0.29) is 9.14 Å². The number of hydrogen-bond acceptors (Lipinski definition) is 4. The average Bonchev–Trinajstić information content (AvgIpc) is 1.64.